The van der Waals surface area contributed by atoms with Gasteiger partial charge in [-0.25, -0.2) is 4.98 Å². The summed E-state index contributed by atoms with van der Waals surface area (Å²) in [7, 11) is 0. The van der Waals surface area contributed by atoms with Crippen molar-refractivity contribution in [1.82, 2.24) is 24.7 Å². The van der Waals surface area contributed by atoms with Crippen LogP contribution in [-0.2, 0) is 17.9 Å². The molecule has 31 heavy (non-hydrogen) atoms. The summed E-state index contributed by atoms with van der Waals surface area (Å²) in [5.74, 6) is 0.0551. The Hall–Kier alpha value is -3.45. The summed E-state index contributed by atoms with van der Waals surface area (Å²) in [5.41, 5.74) is 2.91. The predicted octanol–water partition coefficient (Wildman–Crippen LogP) is 2.01. The van der Waals surface area contributed by atoms with Crippen molar-refractivity contribution >= 4 is 11.8 Å². The zero-order valence-corrected chi connectivity index (χ0v) is 17.5. The fourth-order valence-electron chi connectivity index (χ4n) is 3.69. The van der Waals surface area contributed by atoms with Gasteiger partial charge in [0.25, 0.3) is 5.91 Å². The topological polar surface area (TPSA) is 70.5 Å². The molecule has 0 radical (unpaired) electrons. The highest BCUT2D eigenvalue weighted by Crippen LogP contribution is 2.11. The summed E-state index contributed by atoms with van der Waals surface area (Å²) in [4.78, 5) is 33.1. The van der Waals surface area contributed by atoms with Crippen molar-refractivity contribution < 1.29 is 9.59 Å². The Kier molecular flexibility index (Phi) is 6.74. The van der Waals surface area contributed by atoms with E-state index in [9.17, 15) is 9.59 Å². The molecule has 1 fully saturated rings. The van der Waals surface area contributed by atoms with Gasteiger partial charge < -0.3 is 14.8 Å². The zero-order valence-electron chi connectivity index (χ0n) is 17.5. The molecular weight excluding hydrogens is 390 g/mol. The molecule has 7 nitrogen and oxygen atoms in total. The van der Waals surface area contributed by atoms with E-state index in [0.717, 1.165) is 17.7 Å². The van der Waals surface area contributed by atoms with Gasteiger partial charge in [-0.2, -0.15) is 0 Å². The molecule has 1 aromatic heterocycles. The molecule has 2 amide bonds. The first kappa shape index (κ1) is 20.8. The van der Waals surface area contributed by atoms with Crippen LogP contribution in [0.4, 0.5) is 0 Å². The Morgan fingerprint density at radius 3 is 2.32 bits per heavy atom. The van der Waals surface area contributed by atoms with Gasteiger partial charge >= 0.3 is 0 Å². The molecule has 160 valence electrons. The quantitative estimate of drug-likeness (QED) is 0.639. The molecule has 4 rings (SSSR count). The molecule has 0 spiro atoms. The highest BCUT2D eigenvalue weighted by Gasteiger charge is 2.23. The Morgan fingerprint density at radius 2 is 1.65 bits per heavy atom. The molecule has 0 aliphatic carbocycles. The summed E-state index contributed by atoms with van der Waals surface area (Å²) in [6.07, 6.45) is 5.45. The van der Waals surface area contributed by atoms with Crippen LogP contribution in [0.5, 0.6) is 0 Å². The number of imidazole rings is 1. The zero-order chi connectivity index (χ0) is 21.5. The van der Waals surface area contributed by atoms with Crippen molar-refractivity contribution in [3.63, 3.8) is 0 Å². The molecule has 0 unspecified atom stereocenters. The Bertz CT molecular complexity index is 979. The second kappa shape index (κ2) is 10.0. The predicted molar refractivity (Wildman–Crippen MR) is 118 cm³/mol. The number of benzene rings is 2. The third-order valence-corrected chi connectivity index (χ3v) is 5.48. The van der Waals surface area contributed by atoms with Crippen LogP contribution in [-0.4, -0.2) is 63.9 Å². The second-order valence-corrected chi connectivity index (χ2v) is 7.76. The summed E-state index contributed by atoms with van der Waals surface area (Å²) in [5, 5.41) is 2.96. The molecule has 1 saturated heterocycles. The van der Waals surface area contributed by atoms with E-state index < -0.39 is 0 Å². The minimum atomic E-state index is 0.0112. The number of rotatable bonds is 7. The first-order valence-electron chi connectivity index (χ1n) is 10.5. The third kappa shape index (κ3) is 5.79. The third-order valence-electron chi connectivity index (χ3n) is 5.48. The molecule has 7 heteroatoms. The fourth-order valence-corrected chi connectivity index (χ4v) is 3.69. The van der Waals surface area contributed by atoms with Gasteiger partial charge in [-0.05, 0) is 23.3 Å². The molecule has 0 atom stereocenters. The lowest BCUT2D eigenvalue weighted by molar-refractivity contribution is -0.122. The SMILES string of the molecule is O=C(CN1CCN(C(=O)c2ccc(Cn3ccnc3)cc2)CC1)NCc1ccccc1. The lowest BCUT2D eigenvalue weighted by Gasteiger charge is -2.34. The van der Waals surface area contributed by atoms with Gasteiger partial charge in [-0.3, -0.25) is 14.5 Å². The monoisotopic (exact) mass is 417 g/mol. The van der Waals surface area contributed by atoms with Crippen molar-refractivity contribution in [2.75, 3.05) is 32.7 Å². The van der Waals surface area contributed by atoms with Crippen LogP contribution in [0, 0.1) is 0 Å². The Balaban J connectivity index is 1.21. The minimum absolute atomic E-state index is 0.0112. The highest BCUT2D eigenvalue weighted by atomic mass is 16.2. The van der Waals surface area contributed by atoms with Crippen LogP contribution in [0.2, 0.25) is 0 Å². The van der Waals surface area contributed by atoms with Gasteiger partial charge in [-0.15, -0.1) is 0 Å². The lowest BCUT2D eigenvalue weighted by Crippen LogP contribution is -2.51. The summed E-state index contributed by atoms with van der Waals surface area (Å²) in [6, 6.07) is 17.6. The van der Waals surface area contributed by atoms with Gasteiger partial charge in [0.2, 0.25) is 5.91 Å². The van der Waals surface area contributed by atoms with Crippen LogP contribution in [0.15, 0.2) is 73.3 Å². The number of amides is 2. The van der Waals surface area contributed by atoms with Gasteiger partial charge in [0.15, 0.2) is 0 Å². The van der Waals surface area contributed by atoms with Gasteiger partial charge in [0, 0.05) is 57.2 Å². The fraction of sp³-hybridized carbons (Fsp3) is 0.292. The molecular formula is C24H27N5O2. The highest BCUT2D eigenvalue weighted by molar-refractivity contribution is 5.94. The Labute approximate surface area is 182 Å². The van der Waals surface area contributed by atoms with E-state index in [1.165, 1.54) is 0 Å². The number of hydrogen-bond acceptors (Lipinski definition) is 4. The maximum absolute atomic E-state index is 12.8. The lowest BCUT2D eigenvalue weighted by atomic mass is 10.1. The molecule has 1 N–H and O–H groups in total. The van der Waals surface area contributed by atoms with Crippen LogP contribution < -0.4 is 5.32 Å². The summed E-state index contributed by atoms with van der Waals surface area (Å²) in [6.45, 7) is 4.28. The molecule has 1 aliphatic heterocycles. The van der Waals surface area contributed by atoms with E-state index in [4.69, 9.17) is 0 Å². The summed E-state index contributed by atoms with van der Waals surface area (Å²) >= 11 is 0. The van der Waals surface area contributed by atoms with Crippen LogP contribution >= 0.6 is 0 Å². The number of piperazine rings is 1. The molecule has 3 aromatic rings. The maximum atomic E-state index is 12.8. The first-order chi connectivity index (χ1) is 15.2. The molecule has 2 aromatic carbocycles. The summed E-state index contributed by atoms with van der Waals surface area (Å²) < 4.78 is 1.99. The van der Waals surface area contributed by atoms with E-state index in [1.807, 2.05) is 70.3 Å². The van der Waals surface area contributed by atoms with Crippen molar-refractivity contribution in [2.45, 2.75) is 13.1 Å². The van der Waals surface area contributed by atoms with E-state index in [0.29, 0.717) is 44.8 Å². The number of nitrogens with zero attached hydrogens (tertiary/aromatic N) is 4. The average molecular weight is 418 g/mol. The normalized spacial score (nSPS) is 14.4. The largest absolute Gasteiger partial charge is 0.351 e. The van der Waals surface area contributed by atoms with Crippen molar-refractivity contribution in [3.8, 4) is 0 Å². The van der Waals surface area contributed by atoms with Gasteiger partial charge in [-0.1, -0.05) is 42.5 Å². The van der Waals surface area contributed by atoms with Crippen molar-refractivity contribution in [3.05, 3.63) is 90.0 Å². The molecule has 2 heterocycles. The molecule has 0 bridgehead atoms. The average Bonchev–Trinajstić information content (AvgIpc) is 3.32. The van der Waals surface area contributed by atoms with Crippen molar-refractivity contribution in [1.29, 1.82) is 0 Å². The second-order valence-electron chi connectivity index (χ2n) is 7.76. The van der Waals surface area contributed by atoms with Gasteiger partial charge in [0.1, 0.15) is 0 Å². The van der Waals surface area contributed by atoms with E-state index >= 15 is 0 Å². The van der Waals surface area contributed by atoms with Crippen molar-refractivity contribution in [2.24, 2.45) is 0 Å². The van der Waals surface area contributed by atoms with E-state index in [1.54, 1.807) is 12.5 Å². The number of aromatic nitrogens is 2. The maximum Gasteiger partial charge on any atom is 0.253 e. The minimum Gasteiger partial charge on any atom is -0.351 e. The first-order valence-corrected chi connectivity index (χ1v) is 10.5. The number of carbonyl (C=O) groups excluding carboxylic acids is 2. The standard InChI is InChI=1S/C24H27N5O2/c30-23(26-16-20-4-2-1-3-5-20)18-27-12-14-29(15-13-27)24(31)22-8-6-21(7-9-22)17-28-11-10-25-19-28/h1-11,19H,12-18H2,(H,26,30). The number of nitrogens with one attached hydrogen (secondary N) is 1. The van der Waals surface area contributed by atoms with Gasteiger partial charge in [0.05, 0.1) is 12.9 Å². The number of carbonyl (C=O) groups is 2. The smallest absolute Gasteiger partial charge is 0.253 e. The van der Waals surface area contributed by atoms with Crippen LogP contribution in [0.25, 0.3) is 0 Å². The van der Waals surface area contributed by atoms with Crippen LogP contribution in [0.3, 0.4) is 0 Å². The number of hydrogen-bond donors (Lipinski definition) is 1. The Morgan fingerprint density at radius 1 is 0.903 bits per heavy atom. The van der Waals surface area contributed by atoms with Crippen LogP contribution in [0.1, 0.15) is 21.5 Å². The van der Waals surface area contributed by atoms with E-state index in [-0.39, 0.29) is 11.8 Å². The molecule has 1 aliphatic rings. The molecule has 0 saturated carbocycles. The van der Waals surface area contributed by atoms with E-state index in [2.05, 4.69) is 15.2 Å².